The lowest BCUT2D eigenvalue weighted by atomic mass is 9.99. The Morgan fingerprint density at radius 2 is 1.72 bits per heavy atom. The average molecular weight is 363 g/mol. The van der Waals surface area contributed by atoms with Gasteiger partial charge < -0.3 is 5.73 Å². The van der Waals surface area contributed by atoms with Crippen molar-refractivity contribution in [3.63, 3.8) is 0 Å². The van der Waals surface area contributed by atoms with Gasteiger partial charge in [0.1, 0.15) is 5.82 Å². The number of benzene rings is 2. The Labute approximate surface area is 116 Å². The fourth-order valence-electron chi connectivity index (χ4n) is 1.68. The predicted octanol–water partition coefficient (Wildman–Crippen LogP) is 3.76. The maximum Gasteiger partial charge on any atom is 0.163 e. The van der Waals surface area contributed by atoms with Crippen molar-refractivity contribution < 1.29 is 13.2 Å². The second-order valence-electron chi connectivity index (χ2n) is 3.79. The highest BCUT2D eigenvalue weighted by Crippen LogP contribution is 2.27. The number of rotatable bonds is 2. The van der Waals surface area contributed by atoms with E-state index in [1.807, 2.05) is 22.6 Å². The van der Waals surface area contributed by atoms with E-state index >= 15 is 0 Å². The van der Waals surface area contributed by atoms with Crippen LogP contribution in [0.2, 0.25) is 0 Å². The fourth-order valence-corrected chi connectivity index (χ4v) is 2.49. The van der Waals surface area contributed by atoms with Crippen LogP contribution in [0.4, 0.5) is 13.2 Å². The van der Waals surface area contributed by atoms with Gasteiger partial charge in [-0.25, -0.2) is 13.2 Å². The van der Waals surface area contributed by atoms with Gasteiger partial charge in [0.15, 0.2) is 11.6 Å². The molecule has 0 amide bonds. The third-order valence-electron chi connectivity index (χ3n) is 2.61. The average Bonchev–Trinajstić information content (AvgIpc) is 2.32. The van der Waals surface area contributed by atoms with Crippen LogP contribution in [0.3, 0.4) is 0 Å². The van der Waals surface area contributed by atoms with E-state index in [-0.39, 0.29) is 5.56 Å². The zero-order valence-corrected chi connectivity index (χ0v) is 11.3. The largest absolute Gasteiger partial charge is 0.320 e. The zero-order valence-electron chi connectivity index (χ0n) is 9.13. The number of hydrogen-bond donors (Lipinski definition) is 1. The molecule has 0 saturated carbocycles. The monoisotopic (exact) mass is 363 g/mol. The van der Waals surface area contributed by atoms with Crippen molar-refractivity contribution in [2.75, 3.05) is 0 Å². The van der Waals surface area contributed by atoms with Crippen molar-refractivity contribution in [3.05, 3.63) is 68.5 Å². The van der Waals surface area contributed by atoms with Crippen LogP contribution in [0.25, 0.3) is 0 Å². The van der Waals surface area contributed by atoms with Crippen LogP contribution >= 0.6 is 22.6 Å². The summed E-state index contributed by atoms with van der Waals surface area (Å²) in [4.78, 5) is 0. The number of hydrogen-bond acceptors (Lipinski definition) is 1. The summed E-state index contributed by atoms with van der Waals surface area (Å²) in [6, 6.07) is 7.04. The minimum atomic E-state index is -0.967. The lowest BCUT2D eigenvalue weighted by Gasteiger charge is -2.15. The van der Waals surface area contributed by atoms with E-state index < -0.39 is 23.5 Å². The second kappa shape index (κ2) is 5.27. The van der Waals surface area contributed by atoms with Crippen LogP contribution < -0.4 is 5.73 Å². The van der Waals surface area contributed by atoms with Crippen molar-refractivity contribution in [1.82, 2.24) is 0 Å². The standard InChI is InChI=1S/C13H9F3IN/c14-7-4-5-8(11(17)6-7)13(18)9-2-1-3-10(15)12(9)16/h1-6,13H,18H2. The molecule has 0 fully saturated rings. The van der Waals surface area contributed by atoms with Gasteiger partial charge in [-0.05, 0) is 46.4 Å². The normalized spacial score (nSPS) is 12.5. The Morgan fingerprint density at radius 1 is 1.00 bits per heavy atom. The smallest absolute Gasteiger partial charge is 0.163 e. The molecule has 18 heavy (non-hydrogen) atoms. The molecule has 5 heteroatoms. The Morgan fingerprint density at radius 3 is 2.39 bits per heavy atom. The molecule has 2 N–H and O–H groups in total. The van der Waals surface area contributed by atoms with Gasteiger partial charge in [-0.2, -0.15) is 0 Å². The molecular weight excluding hydrogens is 354 g/mol. The highest BCUT2D eigenvalue weighted by molar-refractivity contribution is 14.1. The third-order valence-corrected chi connectivity index (χ3v) is 3.55. The summed E-state index contributed by atoms with van der Waals surface area (Å²) >= 11 is 1.91. The molecule has 2 aromatic carbocycles. The quantitative estimate of drug-likeness (QED) is 0.809. The first-order valence-corrected chi connectivity index (χ1v) is 6.23. The molecule has 1 nitrogen and oxygen atoms in total. The lowest BCUT2D eigenvalue weighted by Crippen LogP contribution is -2.15. The molecule has 0 bridgehead atoms. The van der Waals surface area contributed by atoms with Crippen LogP contribution in [0.15, 0.2) is 36.4 Å². The third kappa shape index (κ3) is 2.51. The molecule has 0 heterocycles. The summed E-state index contributed by atoms with van der Waals surface area (Å²) in [6.07, 6.45) is 0. The van der Waals surface area contributed by atoms with Crippen LogP contribution in [-0.4, -0.2) is 0 Å². The van der Waals surface area contributed by atoms with E-state index in [2.05, 4.69) is 0 Å². The molecule has 0 radical (unpaired) electrons. The first-order chi connectivity index (χ1) is 8.50. The summed E-state index contributed by atoms with van der Waals surface area (Å²) in [7, 11) is 0. The summed E-state index contributed by atoms with van der Waals surface area (Å²) in [5.74, 6) is -2.31. The molecule has 0 aromatic heterocycles. The van der Waals surface area contributed by atoms with Gasteiger partial charge in [0.25, 0.3) is 0 Å². The summed E-state index contributed by atoms with van der Waals surface area (Å²) in [5, 5.41) is 0. The molecule has 2 rings (SSSR count). The first-order valence-electron chi connectivity index (χ1n) is 5.15. The second-order valence-corrected chi connectivity index (χ2v) is 4.95. The molecule has 1 unspecified atom stereocenters. The van der Waals surface area contributed by atoms with Gasteiger partial charge in [-0.15, -0.1) is 0 Å². The van der Waals surface area contributed by atoms with Gasteiger partial charge in [-0.1, -0.05) is 18.2 Å². The highest BCUT2D eigenvalue weighted by atomic mass is 127. The van der Waals surface area contributed by atoms with Crippen LogP contribution in [0, 0.1) is 21.0 Å². The van der Waals surface area contributed by atoms with Gasteiger partial charge >= 0.3 is 0 Å². The Balaban J connectivity index is 2.48. The van der Waals surface area contributed by atoms with E-state index in [4.69, 9.17) is 5.73 Å². The van der Waals surface area contributed by atoms with Crippen molar-refractivity contribution in [2.45, 2.75) is 6.04 Å². The van der Waals surface area contributed by atoms with Gasteiger partial charge in [-0.3, -0.25) is 0 Å². The van der Waals surface area contributed by atoms with Gasteiger partial charge in [0.05, 0.1) is 6.04 Å². The maximum atomic E-state index is 13.6. The van der Waals surface area contributed by atoms with Gasteiger partial charge in [0, 0.05) is 9.13 Å². The summed E-state index contributed by atoms with van der Waals surface area (Å²) in [5.41, 5.74) is 6.52. The Bertz CT molecular complexity index is 586. The first kappa shape index (κ1) is 13.4. The minimum Gasteiger partial charge on any atom is -0.320 e. The SMILES string of the molecule is NC(c1ccc(F)cc1I)c1cccc(F)c1F. The molecular formula is C13H9F3IN. The van der Waals surface area contributed by atoms with E-state index in [1.54, 1.807) is 0 Å². The predicted molar refractivity (Wildman–Crippen MR) is 71.5 cm³/mol. The molecule has 0 aliphatic rings. The van der Waals surface area contributed by atoms with Crippen molar-refractivity contribution in [2.24, 2.45) is 5.73 Å². The Hall–Kier alpha value is -1.08. The minimum absolute atomic E-state index is 0.0551. The molecule has 2 aromatic rings. The van der Waals surface area contributed by atoms with Gasteiger partial charge in [0.2, 0.25) is 0 Å². The van der Waals surface area contributed by atoms with E-state index in [9.17, 15) is 13.2 Å². The van der Waals surface area contributed by atoms with Crippen LogP contribution in [0.5, 0.6) is 0 Å². The van der Waals surface area contributed by atoms with E-state index in [0.717, 1.165) is 6.07 Å². The number of nitrogens with two attached hydrogens (primary N) is 1. The highest BCUT2D eigenvalue weighted by Gasteiger charge is 2.18. The molecule has 0 aliphatic carbocycles. The van der Waals surface area contributed by atoms with E-state index in [1.165, 1.54) is 30.3 Å². The van der Waals surface area contributed by atoms with Crippen LogP contribution in [0.1, 0.15) is 17.2 Å². The van der Waals surface area contributed by atoms with Crippen molar-refractivity contribution >= 4 is 22.6 Å². The molecule has 1 atom stereocenters. The lowest BCUT2D eigenvalue weighted by molar-refractivity contribution is 0.494. The van der Waals surface area contributed by atoms with Crippen LogP contribution in [-0.2, 0) is 0 Å². The van der Waals surface area contributed by atoms with Crippen molar-refractivity contribution in [1.29, 1.82) is 0 Å². The Kier molecular flexibility index (Phi) is 3.91. The number of halogens is 4. The van der Waals surface area contributed by atoms with Crippen molar-refractivity contribution in [3.8, 4) is 0 Å². The zero-order chi connectivity index (χ0) is 13.3. The fraction of sp³-hybridized carbons (Fsp3) is 0.0769. The summed E-state index contributed by atoms with van der Waals surface area (Å²) in [6.45, 7) is 0. The molecule has 94 valence electrons. The molecule has 0 saturated heterocycles. The molecule has 0 spiro atoms. The topological polar surface area (TPSA) is 26.0 Å². The maximum absolute atomic E-state index is 13.6. The molecule has 0 aliphatic heterocycles. The van der Waals surface area contributed by atoms with E-state index in [0.29, 0.717) is 9.13 Å². The summed E-state index contributed by atoms with van der Waals surface area (Å²) < 4.78 is 40.3.